The maximum atomic E-state index is 11.6. The molecule has 0 bridgehead atoms. The van der Waals surface area contributed by atoms with Gasteiger partial charge in [0.1, 0.15) is 0 Å². The van der Waals surface area contributed by atoms with Gasteiger partial charge in [-0.1, -0.05) is 0 Å². The topological polar surface area (TPSA) is 100 Å². The van der Waals surface area contributed by atoms with Crippen LogP contribution in [0.5, 0.6) is 6.01 Å². The number of hydrogen-bond acceptors (Lipinski definition) is 5. The Kier molecular flexibility index (Phi) is 3.22. The molecule has 1 aromatic rings. The van der Waals surface area contributed by atoms with Gasteiger partial charge in [0, 0.05) is 13.0 Å². The van der Waals surface area contributed by atoms with Gasteiger partial charge in [0.15, 0.2) is 0 Å². The predicted octanol–water partition coefficient (Wildman–Crippen LogP) is -0.626. The van der Waals surface area contributed by atoms with Crippen LogP contribution in [0.4, 0.5) is 5.95 Å². The Morgan fingerprint density at radius 2 is 2.47 bits per heavy atom. The zero-order valence-corrected chi connectivity index (χ0v) is 9.39. The van der Waals surface area contributed by atoms with Crippen LogP contribution >= 0.6 is 0 Å². The summed E-state index contributed by atoms with van der Waals surface area (Å²) in [5.74, 6) is -0.0900. The third kappa shape index (κ3) is 2.71. The summed E-state index contributed by atoms with van der Waals surface area (Å²) in [7, 11) is 1.43. The number of H-pyrrole nitrogens is 1. The van der Waals surface area contributed by atoms with Crippen LogP contribution in [0.15, 0.2) is 0 Å². The molecule has 1 aromatic heterocycles. The summed E-state index contributed by atoms with van der Waals surface area (Å²) < 4.78 is 4.76. The lowest BCUT2D eigenvalue weighted by Gasteiger charge is -2.13. The summed E-state index contributed by atoms with van der Waals surface area (Å²) in [6.07, 6.45) is 1.33. The largest absolute Gasteiger partial charge is 0.466 e. The van der Waals surface area contributed by atoms with Gasteiger partial charge in [-0.2, -0.15) is 4.98 Å². The Labute approximate surface area is 97.3 Å². The Morgan fingerprint density at radius 1 is 1.65 bits per heavy atom. The van der Waals surface area contributed by atoms with Crippen molar-refractivity contribution >= 4 is 17.8 Å². The molecule has 1 saturated heterocycles. The van der Waals surface area contributed by atoms with Crippen molar-refractivity contribution in [3.05, 3.63) is 0 Å². The standard InChI is InChI=1S/C9H13N5O3/c1-17-9-11-8(12-13-9)10-6(15)5-14-4-2-3-7(14)16/h2-5H2,1H3,(H2,10,11,12,13,15). The van der Waals surface area contributed by atoms with E-state index in [-0.39, 0.29) is 30.3 Å². The number of aromatic nitrogens is 3. The number of ether oxygens (including phenoxy) is 1. The van der Waals surface area contributed by atoms with Crippen LogP contribution in [0.2, 0.25) is 0 Å². The van der Waals surface area contributed by atoms with E-state index in [1.807, 2.05) is 0 Å². The molecular formula is C9H13N5O3. The van der Waals surface area contributed by atoms with Gasteiger partial charge in [0.25, 0.3) is 0 Å². The number of likely N-dealkylation sites (tertiary alicyclic amines) is 1. The normalized spacial score (nSPS) is 15.1. The number of aromatic amines is 1. The minimum Gasteiger partial charge on any atom is -0.466 e. The molecule has 1 aliphatic rings. The van der Waals surface area contributed by atoms with Crippen molar-refractivity contribution in [3.8, 4) is 6.01 Å². The molecule has 2 rings (SSSR count). The molecule has 0 aliphatic carbocycles. The summed E-state index contributed by atoms with van der Waals surface area (Å²) in [4.78, 5) is 28.2. The lowest BCUT2D eigenvalue weighted by atomic mass is 10.4. The fourth-order valence-electron chi connectivity index (χ4n) is 1.61. The first-order chi connectivity index (χ1) is 8.19. The van der Waals surface area contributed by atoms with Crippen molar-refractivity contribution in [2.75, 3.05) is 25.5 Å². The number of carbonyl (C=O) groups excluding carboxylic acids is 2. The number of hydrogen-bond donors (Lipinski definition) is 2. The lowest BCUT2D eigenvalue weighted by Crippen LogP contribution is -2.34. The van der Waals surface area contributed by atoms with E-state index in [0.29, 0.717) is 13.0 Å². The Morgan fingerprint density at radius 3 is 3.06 bits per heavy atom. The van der Waals surface area contributed by atoms with E-state index in [9.17, 15) is 9.59 Å². The lowest BCUT2D eigenvalue weighted by molar-refractivity contribution is -0.131. The Hall–Kier alpha value is -2.12. The van der Waals surface area contributed by atoms with Crippen molar-refractivity contribution in [3.63, 3.8) is 0 Å². The molecule has 2 N–H and O–H groups in total. The number of nitrogens with one attached hydrogen (secondary N) is 2. The van der Waals surface area contributed by atoms with E-state index in [0.717, 1.165) is 6.42 Å². The number of amides is 2. The summed E-state index contributed by atoms with van der Waals surface area (Å²) in [6.45, 7) is 0.674. The highest BCUT2D eigenvalue weighted by atomic mass is 16.5. The summed E-state index contributed by atoms with van der Waals surface area (Å²) >= 11 is 0. The number of anilines is 1. The highest BCUT2D eigenvalue weighted by molar-refractivity contribution is 5.93. The summed E-state index contributed by atoms with van der Waals surface area (Å²) in [5.41, 5.74) is 0. The quantitative estimate of drug-likeness (QED) is 0.729. The number of rotatable bonds is 4. The molecule has 17 heavy (non-hydrogen) atoms. The van der Waals surface area contributed by atoms with Crippen LogP contribution in [0.3, 0.4) is 0 Å². The fourth-order valence-corrected chi connectivity index (χ4v) is 1.61. The molecule has 2 amide bonds. The molecule has 8 heteroatoms. The van der Waals surface area contributed by atoms with Gasteiger partial charge in [-0.05, 0) is 6.42 Å². The minimum atomic E-state index is -0.306. The third-order valence-corrected chi connectivity index (χ3v) is 2.41. The van der Waals surface area contributed by atoms with Gasteiger partial charge in [-0.3, -0.25) is 14.9 Å². The van der Waals surface area contributed by atoms with Gasteiger partial charge >= 0.3 is 6.01 Å². The minimum absolute atomic E-state index is 0.00954. The van der Waals surface area contributed by atoms with Gasteiger partial charge in [0.2, 0.25) is 17.8 Å². The molecule has 2 heterocycles. The first-order valence-corrected chi connectivity index (χ1v) is 5.23. The van der Waals surface area contributed by atoms with Crippen molar-refractivity contribution in [1.82, 2.24) is 20.1 Å². The molecule has 0 saturated carbocycles. The summed E-state index contributed by atoms with van der Waals surface area (Å²) in [6, 6.07) is 0.151. The second-order valence-corrected chi connectivity index (χ2v) is 3.64. The maximum Gasteiger partial charge on any atom is 0.336 e. The molecule has 0 spiro atoms. The van der Waals surface area contributed by atoms with Crippen LogP contribution in [-0.2, 0) is 9.59 Å². The first-order valence-electron chi connectivity index (χ1n) is 5.23. The van der Waals surface area contributed by atoms with Crippen molar-refractivity contribution < 1.29 is 14.3 Å². The van der Waals surface area contributed by atoms with Gasteiger partial charge in [0.05, 0.1) is 13.7 Å². The zero-order chi connectivity index (χ0) is 12.3. The van der Waals surface area contributed by atoms with Gasteiger partial charge < -0.3 is 9.64 Å². The number of nitrogens with zero attached hydrogens (tertiary/aromatic N) is 3. The Balaban J connectivity index is 1.86. The first kappa shape index (κ1) is 11.4. The second-order valence-electron chi connectivity index (χ2n) is 3.64. The van der Waals surface area contributed by atoms with Crippen molar-refractivity contribution in [1.29, 1.82) is 0 Å². The average molecular weight is 239 g/mol. The maximum absolute atomic E-state index is 11.6. The molecule has 8 nitrogen and oxygen atoms in total. The SMILES string of the molecule is COc1n[nH]c(NC(=O)CN2CCCC2=O)n1. The second kappa shape index (κ2) is 4.81. The molecule has 1 aliphatic heterocycles. The molecule has 0 aromatic carbocycles. The van der Waals surface area contributed by atoms with Crippen LogP contribution in [-0.4, -0.2) is 52.1 Å². The van der Waals surface area contributed by atoms with Crippen LogP contribution in [0, 0.1) is 0 Å². The molecule has 1 fully saturated rings. The summed E-state index contributed by atoms with van der Waals surface area (Å²) in [5, 5.41) is 8.69. The van der Waals surface area contributed by atoms with E-state index in [4.69, 9.17) is 4.74 Å². The van der Waals surface area contributed by atoms with Crippen LogP contribution in [0.25, 0.3) is 0 Å². The van der Waals surface area contributed by atoms with E-state index >= 15 is 0 Å². The molecule has 0 radical (unpaired) electrons. The zero-order valence-electron chi connectivity index (χ0n) is 9.39. The van der Waals surface area contributed by atoms with E-state index < -0.39 is 0 Å². The van der Waals surface area contributed by atoms with E-state index in [1.165, 1.54) is 12.0 Å². The molecule has 0 unspecified atom stereocenters. The highest BCUT2D eigenvalue weighted by Gasteiger charge is 2.22. The Bertz CT molecular complexity index is 430. The predicted molar refractivity (Wildman–Crippen MR) is 57.4 cm³/mol. The molecule has 92 valence electrons. The molecular weight excluding hydrogens is 226 g/mol. The highest BCUT2D eigenvalue weighted by Crippen LogP contribution is 2.09. The van der Waals surface area contributed by atoms with E-state index in [2.05, 4.69) is 20.5 Å². The number of methoxy groups -OCH3 is 1. The average Bonchev–Trinajstić information content (AvgIpc) is 2.89. The van der Waals surface area contributed by atoms with E-state index in [1.54, 1.807) is 0 Å². The fraction of sp³-hybridized carbons (Fsp3) is 0.556. The van der Waals surface area contributed by atoms with Crippen LogP contribution in [0.1, 0.15) is 12.8 Å². The third-order valence-electron chi connectivity index (χ3n) is 2.41. The smallest absolute Gasteiger partial charge is 0.336 e. The van der Waals surface area contributed by atoms with Crippen molar-refractivity contribution in [2.24, 2.45) is 0 Å². The van der Waals surface area contributed by atoms with Gasteiger partial charge in [-0.25, -0.2) is 5.10 Å². The van der Waals surface area contributed by atoms with Crippen molar-refractivity contribution in [2.45, 2.75) is 12.8 Å². The monoisotopic (exact) mass is 239 g/mol. The van der Waals surface area contributed by atoms with Gasteiger partial charge in [-0.15, -0.1) is 5.10 Å². The number of carbonyl (C=O) groups is 2. The molecule has 0 atom stereocenters. The van der Waals surface area contributed by atoms with Crippen LogP contribution < -0.4 is 10.1 Å².